The molecule has 1 aromatic rings. The molecule has 0 spiro atoms. The third kappa shape index (κ3) is 2.51. The average molecular weight is 234 g/mol. The Labute approximate surface area is 103 Å². The highest BCUT2D eigenvalue weighted by atomic mass is 16.3. The fourth-order valence-corrected chi connectivity index (χ4v) is 2.64. The summed E-state index contributed by atoms with van der Waals surface area (Å²) in [5.41, 5.74) is 6.96. The smallest absolute Gasteiger partial charge is 0.0909 e. The maximum absolute atomic E-state index is 10.8. The van der Waals surface area contributed by atoms with Gasteiger partial charge in [0.15, 0.2) is 0 Å². The minimum atomic E-state index is -0.754. The zero-order chi connectivity index (χ0) is 12.5. The lowest BCUT2D eigenvalue weighted by Crippen LogP contribution is -2.33. The summed E-state index contributed by atoms with van der Waals surface area (Å²) >= 11 is 0. The predicted molar refractivity (Wildman–Crippen MR) is 69.5 cm³/mol. The van der Waals surface area contributed by atoms with Crippen LogP contribution in [0, 0.1) is 5.92 Å². The van der Waals surface area contributed by atoms with Gasteiger partial charge >= 0.3 is 0 Å². The highest BCUT2D eigenvalue weighted by Crippen LogP contribution is 2.35. The van der Waals surface area contributed by atoms with Crippen LogP contribution in [0.1, 0.15) is 24.5 Å². The Hall–Kier alpha value is -0.900. The molecule has 3 heteroatoms. The maximum Gasteiger partial charge on any atom is 0.0909 e. The van der Waals surface area contributed by atoms with Gasteiger partial charge in [-0.3, -0.25) is 0 Å². The van der Waals surface area contributed by atoms with Crippen LogP contribution in [0.4, 0.5) is 0 Å². The van der Waals surface area contributed by atoms with E-state index in [2.05, 4.69) is 11.9 Å². The number of hydrogen-bond acceptors (Lipinski definition) is 3. The Morgan fingerprint density at radius 1 is 1.53 bits per heavy atom. The van der Waals surface area contributed by atoms with Gasteiger partial charge in [0, 0.05) is 19.0 Å². The second-order valence-electron chi connectivity index (χ2n) is 5.30. The third-order valence-electron chi connectivity index (χ3n) is 3.93. The predicted octanol–water partition coefficient (Wildman–Crippen LogP) is 1.30. The van der Waals surface area contributed by atoms with Crippen LogP contribution in [0.25, 0.3) is 0 Å². The molecule has 3 N–H and O–H groups in total. The van der Waals surface area contributed by atoms with Crippen molar-refractivity contribution in [2.75, 3.05) is 20.1 Å². The van der Waals surface area contributed by atoms with Crippen molar-refractivity contribution in [1.82, 2.24) is 4.90 Å². The van der Waals surface area contributed by atoms with Crippen molar-refractivity contribution in [2.24, 2.45) is 11.7 Å². The molecule has 2 unspecified atom stereocenters. The molecule has 94 valence electrons. The topological polar surface area (TPSA) is 49.5 Å². The Balaban J connectivity index is 2.24. The van der Waals surface area contributed by atoms with Crippen molar-refractivity contribution >= 4 is 0 Å². The summed E-state index contributed by atoms with van der Waals surface area (Å²) in [6.45, 7) is 4.47. The number of hydrogen-bond donors (Lipinski definition) is 2. The summed E-state index contributed by atoms with van der Waals surface area (Å²) in [4.78, 5) is 2.27. The van der Waals surface area contributed by atoms with Gasteiger partial charge in [0.25, 0.3) is 0 Å². The first-order valence-corrected chi connectivity index (χ1v) is 6.24. The van der Waals surface area contributed by atoms with E-state index in [-0.39, 0.29) is 0 Å². The number of rotatable bonds is 3. The van der Waals surface area contributed by atoms with Gasteiger partial charge in [0.2, 0.25) is 0 Å². The SMILES string of the molecule is CN1CCC(C(C)(O)c2cccc(CN)c2)C1. The first-order valence-electron chi connectivity index (χ1n) is 6.24. The lowest BCUT2D eigenvalue weighted by atomic mass is 9.82. The van der Waals surface area contributed by atoms with Crippen LogP contribution in [0.3, 0.4) is 0 Å². The summed E-state index contributed by atoms with van der Waals surface area (Å²) in [5.74, 6) is 0.306. The van der Waals surface area contributed by atoms with E-state index in [9.17, 15) is 5.11 Å². The molecule has 1 aliphatic rings. The number of benzene rings is 1. The summed E-state index contributed by atoms with van der Waals surface area (Å²) < 4.78 is 0. The monoisotopic (exact) mass is 234 g/mol. The van der Waals surface area contributed by atoms with Crippen LogP contribution < -0.4 is 5.73 Å². The van der Waals surface area contributed by atoms with E-state index >= 15 is 0 Å². The van der Waals surface area contributed by atoms with Gasteiger partial charge in [-0.2, -0.15) is 0 Å². The van der Waals surface area contributed by atoms with Gasteiger partial charge in [-0.15, -0.1) is 0 Å². The maximum atomic E-state index is 10.8. The molecular weight excluding hydrogens is 212 g/mol. The molecule has 2 rings (SSSR count). The molecule has 0 amide bonds. The molecule has 1 saturated heterocycles. The van der Waals surface area contributed by atoms with E-state index in [1.807, 2.05) is 31.2 Å². The second kappa shape index (κ2) is 4.77. The molecule has 17 heavy (non-hydrogen) atoms. The first kappa shape index (κ1) is 12.6. The Bertz CT molecular complexity index is 390. The molecule has 0 aliphatic carbocycles. The van der Waals surface area contributed by atoms with Gasteiger partial charge in [0.1, 0.15) is 0 Å². The normalized spacial score (nSPS) is 24.8. The summed E-state index contributed by atoms with van der Waals surface area (Å²) in [5, 5.41) is 10.8. The van der Waals surface area contributed by atoms with Crippen LogP contribution in [0.2, 0.25) is 0 Å². The Morgan fingerprint density at radius 2 is 2.29 bits per heavy atom. The highest BCUT2D eigenvalue weighted by Gasteiger charge is 2.37. The molecule has 3 nitrogen and oxygen atoms in total. The molecular formula is C14H22N2O. The average Bonchev–Trinajstić information content (AvgIpc) is 2.76. The molecule has 0 bridgehead atoms. The fourth-order valence-electron chi connectivity index (χ4n) is 2.64. The van der Waals surface area contributed by atoms with Gasteiger partial charge < -0.3 is 15.7 Å². The molecule has 0 aromatic heterocycles. The van der Waals surface area contributed by atoms with E-state index in [0.29, 0.717) is 12.5 Å². The van der Waals surface area contributed by atoms with E-state index in [1.54, 1.807) is 0 Å². The van der Waals surface area contributed by atoms with Crippen molar-refractivity contribution in [3.8, 4) is 0 Å². The molecule has 1 heterocycles. The minimum absolute atomic E-state index is 0.306. The summed E-state index contributed by atoms with van der Waals surface area (Å²) in [6, 6.07) is 8.00. The zero-order valence-corrected chi connectivity index (χ0v) is 10.7. The largest absolute Gasteiger partial charge is 0.385 e. The van der Waals surface area contributed by atoms with Crippen molar-refractivity contribution in [2.45, 2.75) is 25.5 Å². The Kier molecular flexibility index (Phi) is 3.52. The number of likely N-dealkylation sites (tertiary alicyclic amines) is 1. The molecule has 1 fully saturated rings. The van der Waals surface area contributed by atoms with Crippen molar-refractivity contribution < 1.29 is 5.11 Å². The van der Waals surface area contributed by atoms with E-state index in [4.69, 9.17) is 5.73 Å². The quantitative estimate of drug-likeness (QED) is 0.829. The molecule has 1 aromatic carbocycles. The highest BCUT2D eigenvalue weighted by molar-refractivity contribution is 5.28. The zero-order valence-electron chi connectivity index (χ0n) is 10.7. The molecule has 1 aliphatic heterocycles. The lowest BCUT2D eigenvalue weighted by Gasteiger charge is -2.31. The van der Waals surface area contributed by atoms with E-state index in [1.165, 1.54) is 0 Å². The van der Waals surface area contributed by atoms with Crippen molar-refractivity contribution in [3.63, 3.8) is 0 Å². The third-order valence-corrected chi connectivity index (χ3v) is 3.93. The number of aliphatic hydroxyl groups is 1. The second-order valence-corrected chi connectivity index (χ2v) is 5.30. The first-order chi connectivity index (χ1) is 8.04. The van der Waals surface area contributed by atoms with Gasteiger partial charge in [-0.25, -0.2) is 0 Å². The minimum Gasteiger partial charge on any atom is -0.385 e. The number of nitrogens with zero attached hydrogens (tertiary/aromatic N) is 1. The number of nitrogens with two attached hydrogens (primary N) is 1. The van der Waals surface area contributed by atoms with Crippen LogP contribution in [0.5, 0.6) is 0 Å². The van der Waals surface area contributed by atoms with Crippen LogP contribution in [-0.2, 0) is 12.1 Å². The molecule has 0 saturated carbocycles. The van der Waals surface area contributed by atoms with Gasteiger partial charge in [-0.05, 0) is 38.1 Å². The van der Waals surface area contributed by atoms with Gasteiger partial charge in [-0.1, -0.05) is 24.3 Å². The van der Waals surface area contributed by atoms with Crippen LogP contribution >= 0.6 is 0 Å². The van der Waals surface area contributed by atoms with Crippen LogP contribution in [-0.4, -0.2) is 30.1 Å². The van der Waals surface area contributed by atoms with Crippen LogP contribution in [0.15, 0.2) is 24.3 Å². The van der Waals surface area contributed by atoms with E-state index in [0.717, 1.165) is 30.6 Å². The van der Waals surface area contributed by atoms with Gasteiger partial charge in [0.05, 0.1) is 5.60 Å². The standard InChI is InChI=1S/C14H22N2O/c1-14(17,13-6-7-16(2)10-13)12-5-3-4-11(8-12)9-15/h3-5,8,13,17H,6-7,9-10,15H2,1-2H3. The molecule has 2 atom stereocenters. The van der Waals surface area contributed by atoms with E-state index < -0.39 is 5.60 Å². The van der Waals surface area contributed by atoms with Crippen molar-refractivity contribution in [1.29, 1.82) is 0 Å². The molecule has 0 radical (unpaired) electrons. The summed E-state index contributed by atoms with van der Waals surface area (Å²) in [6.07, 6.45) is 1.05. The Morgan fingerprint density at radius 3 is 2.88 bits per heavy atom. The van der Waals surface area contributed by atoms with Crippen molar-refractivity contribution in [3.05, 3.63) is 35.4 Å². The fraction of sp³-hybridized carbons (Fsp3) is 0.571. The summed E-state index contributed by atoms with van der Waals surface area (Å²) in [7, 11) is 2.10. The lowest BCUT2D eigenvalue weighted by molar-refractivity contribution is -0.00126.